The summed E-state index contributed by atoms with van der Waals surface area (Å²) in [5.41, 5.74) is 0.560. The summed E-state index contributed by atoms with van der Waals surface area (Å²) in [6.45, 7) is 1.65. The molecule has 0 radical (unpaired) electrons. The van der Waals surface area contributed by atoms with Gasteiger partial charge in [-0.2, -0.15) is 0 Å². The number of carboxylic acids is 1. The molecule has 0 unspecified atom stereocenters. The largest absolute Gasteiger partial charge is 0.477 e. The summed E-state index contributed by atoms with van der Waals surface area (Å²) in [5.74, 6) is -1.58. The van der Waals surface area contributed by atoms with E-state index in [1.54, 1.807) is 13.0 Å². The number of thiophene rings is 1. The molecule has 0 aliphatic heterocycles. The van der Waals surface area contributed by atoms with E-state index >= 15 is 0 Å². The van der Waals surface area contributed by atoms with E-state index in [-0.39, 0.29) is 20.7 Å². The summed E-state index contributed by atoms with van der Waals surface area (Å²) in [4.78, 5) is 27.0. The normalized spacial score (nSPS) is 10.3. The molecule has 2 heterocycles. The Labute approximate surface area is 128 Å². The first-order chi connectivity index (χ1) is 9.38. The fraction of sp³-hybridized carbons (Fsp3) is 0.0833. The van der Waals surface area contributed by atoms with Crippen LogP contribution in [0.4, 0.5) is 5.00 Å². The highest BCUT2D eigenvalue weighted by Gasteiger charge is 2.17. The molecule has 0 aromatic carbocycles. The van der Waals surface area contributed by atoms with Gasteiger partial charge in [-0.25, -0.2) is 9.78 Å². The van der Waals surface area contributed by atoms with Crippen molar-refractivity contribution >= 4 is 51.4 Å². The van der Waals surface area contributed by atoms with Crippen LogP contribution in [0, 0.1) is 6.92 Å². The zero-order valence-corrected chi connectivity index (χ0v) is 12.4. The number of amides is 1. The van der Waals surface area contributed by atoms with E-state index in [1.807, 2.05) is 0 Å². The SMILES string of the molecule is Cc1cc(NC(=O)c2nc(Cl)ccc2Cl)sc1C(=O)O. The topological polar surface area (TPSA) is 79.3 Å². The number of anilines is 1. The van der Waals surface area contributed by atoms with Crippen molar-refractivity contribution in [1.82, 2.24) is 4.98 Å². The van der Waals surface area contributed by atoms with Gasteiger partial charge >= 0.3 is 5.97 Å². The Morgan fingerprint density at radius 2 is 2.05 bits per heavy atom. The third-order valence-electron chi connectivity index (χ3n) is 2.38. The Morgan fingerprint density at radius 3 is 2.65 bits per heavy atom. The Hall–Kier alpha value is -1.63. The number of nitrogens with one attached hydrogen (secondary N) is 1. The Kier molecular flexibility index (Phi) is 4.27. The lowest BCUT2D eigenvalue weighted by atomic mass is 10.3. The summed E-state index contributed by atoms with van der Waals surface area (Å²) in [6, 6.07) is 4.51. The molecule has 2 aromatic rings. The van der Waals surface area contributed by atoms with E-state index < -0.39 is 11.9 Å². The number of carboxylic acid groups (broad SMARTS) is 1. The summed E-state index contributed by atoms with van der Waals surface area (Å²) >= 11 is 12.5. The zero-order valence-electron chi connectivity index (χ0n) is 10.1. The third kappa shape index (κ3) is 3.09. The van der Waals surface area contributed by atoms with Gasteiger partial charge in [0.05, 0.1) is 10.0 Å². The number of aromatic nitrogens is 1. The second-order valence-electron chi connectivity index (χ2n) is 3.85. The monoisotopic (exact) mass is 330 g/mol. The third-order valence-corrected chi connectivity index (χ3v) is 4.03. The van der Waals surface area contributed by atoms with Crippen LogP contribution in [0.3, 0.4) is 0 Å². The van der Waals surface area contributed by atoms with Crippen molar-refractivity contribution in [3.63, 3.8) is 0 Å². The van der Waals surface area contributed by atoms with Gasteiger partial charge in [0.15, 0.2) is 0 Å². The molecule has 0 saturated carbocycles. The summed E-state index contributed by atoms with van der Waals surface area (Å²) in [5, 5.41) is 12.2. The minimum absolute atomic E-state index is 0.0119. The molecular weight excluding hydrogens is 323 g/mol. The van der Waals surface area contributed by atoms with Crippen molar-refractivity contribution in [3.8, 4) is 0 Å². The number of carbonyl (C=O) groups excluding carboxylic acids is 1. The van der Waals surface area contributed by atoms with Gasteiger partial charge in [-0.05, 0) is 30.7 Å². The Balaban J connectivity index is 2.26. The lowest BCUT2D eigenvalue weighted by molar-refractivity contribution is 0.0701. The van der Waals surface area contributed by atoms with E-state index in [9.17, 15) is 9.59 Å². The molecule has 5 nitrogen and oxygen atoms in total. The first kappa shape index (κ1) is 14.8. The first-order valence-corrected chi connectivity index (χ1v) is 6.93. The van der Waals surface area contributed by atoms with Crippen LogP contribution in [0.2, 0.25) is 10.2 Å². The van der Waals surface area contributed by atoms with Gasteiger partial charge in [-0.3, -0.25) is 4.79 Å². The smallest absolute Gasteiger partial charge is 0.346 e. The molecule has 0 fully saturated rings. The number of hydrogen-bond acceptors (Lipinski definition) is 4. The van der Waals surface area contributed by atoms with Crippen LogP contribution < -0.4 is 5.32 Å². The molecule has 0 aliphatic carbocycles. The minimum atomic E-state index is -1.04. The minimum Gasteiger partial charge on any atom is -0.477 e. The molecule has 0 aliphatic rings. The van der Waals surface area contributed by atoms with Crippen LogP contribution in [-0.2, 0) is 0 Å². The summed E-state index contributed by atoms with van der Waals surface area (Å²) in [6.07, 6.45) is 0. The van der Waals surface area contributed by atoms with Crippen molar-refractivity contribution in [3.05, 3.63) is 44.5 Å². The Morgan fingerprint density at radius 1 is 1.35 bits per heavy atom. The molecule has 8 heteroatoms. The van der Waals surface area contributed by atoms with Crippen molar-refractivity contribution in [2.45, 2.75) is 6.92 Å². The average molecular weight is 331 g/mol. The van der Waals surface area contributed by atoms with E-state index in [2.05, 4.69) is 10.3 Å². The molecule has 2 aromatic heterocycles. The van der Waals surface area contributed by atoms with E-state index in [0.29, 0.717) is 10.6 Å². The van der Waals surface area contributed by atoms with E-state index in [1.165, 1.54) is 12.1 Å². The second-order valence-corrected chi connectivity index (χ2v) is 5.69. The fourth-order valence-electron chi connectivity index (χ4n) is 1.50. The zero-order chi connectivity index (χ0) is 14.9. The van der Waals surface area contributed by atoms with Crippen molar-refractivity contribution < 1.29 is 14.7 Å². The predicted octanol–water partition coefficient (Wildman–Crippen LogP) is 3.71. The van der Waals surface area contributed by atoms with Gasteiger partial charge in [-0.1, -0.05) is 23.2 Å². The number of nitrogens with zero attached hydrogens (tertiary/aromatic N) is 1. The molecule has 0 spiro atoms. The number of aryl methyl sites for hydroxylation is 1. The molecule has 1 amide bonds. The van der Waals surface area contributed by atoms with Crippen LogP contribution in [0.5, 0.6) is 0 Å². The number of aromatic carboxylic acids is 1. The molecule has 0 bridgehead atoms. The lowest BCUT2D eigenvalue weighted by Gasteiger charge is -2.03. The number of hydrogen-bond donors (Lipinski definition) is 2. The molecular formula is C12H8Cl2N2O3S. The first-order valence-electron chi connectivity index (χ1n) is 5.35. The predicted molar refractivity (Wildman–Crippen MR) is 78.2 cm³/mol. The van der Waals surface area contributed by atoms with Gasteiger partial charge in [0.25, 0.3) is 5.91 Å². The van der Waals surface area contributed by atoms with Crippen molar-refractivity contribution in [2.75, 3.05) is 5.32 Å². The van der Waals surface area contributed by atoms with Crippen LogP contribution in [0.15, 0.2) is 18.2 Å². The molecule has 2 rings (SSSR count). The molecule has 104 valence electrons. The van der Waals surface area contributed by atoms with Gasteiger partial charge in [0.1, 0.15) is 15.7 Å². The highest BCUT2D eigenvalue weighted by Crippen LogP contribution is 2.27. The Bertz CT molecular complexity index is 700. The van der Waals surface area contributed by atoms with Gasteiger partial charge in [0, 0.05) is 0 Å². The quantitative estimate of drug-likeness (QED) is 0.841. The van der Waals surface area contributed by atoms with Gasteiger partial charge in [-0.15, -0.1) is 11.3 Å². The van der Waals surface area contributed by atoms with Gasteiger partial charge < -0.3 is 10.4 Å². The number of halogens is 2. The van der Waals surface area contributed by atoms with E-state index in [4.69, 9.17) is 28.3 Å². The fourth-order valence-corrected chi connectivity index (χ4v) is 2.75. The van der Waals surface area contributed by atoms with Gasteiger partial charge in [0.2, 0.25) is 0 Å². The highest BCUT2D eigenvalue weighted by atomic mass is 35.5. The van der Waals surface area contributed by atoms with Crippen LogP contribution in [0.1, 0.15) is 25.7 Å². The molecule has 20 heavy (non-hydrogen) atoms. The highest BCUT2D eigenvalue weighted by molar-refractivity contribution is 7.18. The second kappa shape index (κ2) is 5.78. The number of pyridine rings is 1. The van der Waals surface area contributed by atoms with Crippen LogP contribution >= 0.6 is 34.5 Å². The maximum absolute atomic E-state index is 12.0. The lowest BCUT2D eigenvalue weighted by Crippen LogP contribution is -2.13. The molecule has 2 N–H and O–H groups in total. The summed E-state index contributed by atoms with van der Waals surface area (Å²) < 4.78 is 0. The number of carbonyl (C=O) groups is 2. The van der Waals surface area contributed by atoms with Crippen LogP contribution in [-0.4, -0.2) is 22.0 Å². The van der Waals surface area contributed by atoms with Crippen molar-refractivity contribution in [2.24, 2.45) is 0 Å². The summed E-state index contributed by atoms with van der Waals surface area (Å²) in [7, 11) is 0. The number of rotatable bonds is 3. The molecule has 0 atom stereocenters. The maximum Gasteiger partial charge on any atom is 0.346 e. The van der Waals surface area contributed by atoms with E-state index in [0.717, 1.165) is 11.3 Å². The van der Waals surface area contributed by atoms with Crippen LogP contribution in [0.25, 0.3) is 0 Å². The van der Waals surface area contributed by atoms with Crippen molar-refractivity contribution in [1.29, 1.82) is 0 Å². The molecule has 0 saturated heterocycles. The average Bonchev–Trinajstić information content (AvgIpc) is 2.73. The standard InChI is InChI=1S/C12H8Cl2N2O3S/c1-5-4-8(20-10(5)12(18)19)16-11(17)9-6(13)2-3-7(14)15-9/h2-4H,1H3,(H,16,17)(H,18,19). The maximum atomic E-state index is 12.0.